The summed E-state index contributed by atoms with van der Waals surface area (Å²) >= 11 is 0. The number of aryl methyl sites for hydroxylation is 1. The molecule has 0 spiro atoms. The molecule has 6 heteroatoms. The van der Waals surface area contributed by atoms with E-state index in [0.29, 0.717) is 23.7 Å². The first-order valence-corrected chi connectivity index (χ1v) is 9.32. The average Bonchev–Trinajstić information content (AvgIpc) is 2.96. The van der Waals surface area contributed by atoms with E-state index in [-0.39, 0.29) is 6.61 Å². The molecule has 1 atom stereocenters. The van der Waals surface area contributed by atoms with Gasteiger partial charge in [0.25, 0.3) is 0 Å². The summed E-state index contributed by atoms with van der Waals surface area (Å²) in [5.41, 5.74) is 2.38. The van der Waals surface area contributed by atoms with Crippen molar-refractivity contribution < 1.29 is 14.6 Å². The van der Waals surface area contributed by atoms with Gasteiger partial charge in [0.15, 0.2) is 11.5 Å². The Bertz CT molecular complexity index is 945. The summed E-state index contributed by atoms with van der Waals surface area (Å²) in [6.07, 6.45) is 1.35. The molecular weight excluding hydrogens is 342 g/mol. The van der Waals surface area contributed by atoms with Crippen LogP contribution in [0.25, 0.3) is 11.0 Å². The Balaban J connectivity index is 1.77. The number of benzene rings is 2. The Hall–Kier alpha value is -2.73. The van der Waals surface area contributed by atoms with Gasteiger partial charge in [0.1, 0.15) is 12.7 Å². The van der Waals surface area contributed by atoms with Gasteiger partial charge in [0.05, 0.1) is 24.7 Å². The Kier molecular flexibility index (Phi) is 6.19. The molecule has 0 aliphatic carbocycles. The van der Waals surface area contributed by atoms with Gasteiger partial charge in [-0.2, -0.15) is 0 Å². The minimum Gasteiger partial charge on any atom is -0.493 e. The van der Waals surface area contributed by atoms with Crippen LogP contribution in [-0.4, -0.2) is 34.1 Å². The minimum atomic E-state index is -0.741. The van der Waals surface area contributed by atoms with E-state index < -0.39 is 6.10 Å². The number of para-hydroxylation sites is 4. The van der Waals surface area contributed by atoms with Crippen LogP contribution < -0.4 is 15.1 Å². The van der Waals surface area contributed by atoms with Crippen LogP contribution in [0.4, 0.5) is 0 Å². The fraction of sp³-hybridized carbons (Fsp3) is 0.381. The second kappa shape index (κ2) is 8.77. The molecule has 0 aliphatic rings. The highest BCUT2D eigenvalue weighted by Gasteiger charge is 2.15. The maximum absolute atomic E-state index is 10.5. The van der Waals surface area contributed by atoms with Gasteiger partial charge in [-0.1, -0.05) is 37.6 Å². The van der Waals surface area contributed by atoms with Crippen molar-refractivity contribution in [1.82, 2.24) is 9.13 Å². The first-order chi connectivity index (χ1) is 13.2. The molecule has 0 saturated heterocycles. The molecule has 6 nitrogen and oxygen atoms in total. The number of aliphatic hydroxyl groups is 1. The highest BCUT2D eigenvalue weighted by atomic mass is 16.5. The van der Waals surface area contributed by atoms with Gasteiger partial charge in [0, 0.05) is 6.54 Å². The molecule has 144 valence electrons. The van der Waals surface area contributed by atoms with Crippen molar-refractivity contribution in [3.63, 3.8) is 0 Å². The molecule has 0 amide bonds. The third kappa shape index (κ3) is 4.17. The van der Waals surface area contributed by atoms with Crippen molar-refractivity contribution in [2.24, 2.45) is 0 Å². The number of rotatable bonds is 9. The van der Waals surface area contributed by atoms with Crippen LogP contribution in [0.2, 0.25) is 0 Å². The summed E-state index contributed by atoms with van der Waals surface area (Å²) in [7, 11) is 1.59. The number of methoxy groups -OCH3 is 1. The van der Waals surface area contributed by atoms with E-state index in [4.69, 9.17) is 14.9 Å². The zero-order valence-corrected chi connectivity index (χ0v) is 15.9. The monoisotopic (exact) mass is 369 g/mol. The van der Waals surface area contributed by atoms with Gasteiger partial charge in [-0.15, -0.1) is 0 Å². The van der Waals surface area contributed by atoms with Gasteiger partial charge in [-0.3, -0.25) is 5.41 Å². The Morgan fingerprint density at radius 1 is 1.00 bits per heavy atom. The van der Waals surface area contributed by atoms with Crippen molar-refractivity contribution in [3.8, 4) is 11.5 Å². The number of aromatic nitrogens is 2. The van der Waals surface area contributed by atoms with Gasteiger partial charge in [0.2, 0.25) is 5.62 Å². The fourth-order valence-corrected chi connectivity index (χ4v) is 3.21. The topological polar surface area (TPSA) is 72.4 Å². The quantitative estimate of drug-likeness (QED) is 0.608. The molecule has 1 aromatic heterocycles. The summed E-state index contributed by atoms with van der Waals surface area (Å²) in [4.78, 5) is 0. The minimum absolute atomic E-state index is 0.126. The van der Waals surface area contributed by atoms with Crippen LogP contribution in [-0.2, 0) is 13.1 Å². The van der Waals surface area contributed by atoms with E-state index in [1.54, 1.807) is 7.11 Å². The second-order valence-corrected chi connectivity index (χ2v) is 6.54. The summed E-state index contributed by atoms with van der Waals surface area (Å²) < 4.78 is 14.9. The second-order valence-electron chi connectivity index (χ2n) is 6.54. The SMILES string of the molecule is CCCCn1c(=N)n(CC(O)COc2ccccc2OC)c2ccccc21. The highest BCUT2D eigenvalue weighted by molar-refractivity contribution is 5.75. The van der Waals surface area contributed by atoms with Crippen molar-refractivity contribution in [1.29, 1.82) is 5.41 Å². The normalized spacial score (nSPS) is 12.3. The number of nitrogens with zero attached hydrogens (tertiary/aromatic N) is 2. The van der Waals surface area contributed by atoms with Crippen molar-refractivity contribution in [2.75, 3.05) is 13.7 Å². The Morgan fingerprint density at radius 3 is 2.30 bits per heavy atom. The van der Waals surface area contributed by atoms with Crippen LogP contribution in [0, 0.1) is 5.41 Å². The number of fused-ring (bicyclic) bond motifs is 1. The number of ether oxygens (including phenoxy) is 2. The first kappa shape index (κ1) is 19.0. The van der Waals surface area contributed by atoms with Crippen LogP contribution >= 0.6 is 0 Å². The molecule has 3 aromatic rings. The number of hydrogen-bond donors (Lipinski definition) is 2. The van der Waals surface area contributed by atoms with Crippen molar-refractivity contribution in [2.45, 2.75) is 39.0 Å². The molecule has 3 rings (SSSR count). The van der Waals surface area contributed by atoms with E-state index in [1.807, 2.05) is 57.7 Å². The number of unbranched alkanes of at least 4 members (excludes halogenated alkanes) is 1. The van der Waals surface area contributed by atoms with E-state index in [9.17, 15) is 5.11 Å². The molecule has 1 heterocycles. The van der Waals surface area contributed by atoms with Crippen LogP contribution in [0.15, 0.2) is 48.5 Å². The van der Waals surface area contributed by atoms with Gasteiger partial charge in [-0.05, 0) is 30.7 Å². The molecule has 2 N–H and O–H groups in total. The van der Waals surface area contributed by atoms with Crippen molar-refractivity contribution >= 4 is 11.0 Å². The van der Waals surface area contributed by atoms with Crippen LogP contribution in [0.1, 0.15) is 19.8 Å². The third-order valence-electron chi connectivity index (χ3n) is 4.60. The van der Waals surface area contributed by atoms with Crippen molar-refractivity contribution in [3.05, 3.63) is 54.1 Å². The number of imidazole rings is 1. The zero-order chi connectivity index (χ0) is 19.2. The smallest absolute Gasteiger partial charge is 0.203 e. The largest absolute Gasteiger partial charge is 0.493 e. The maximum atomic E-state index is 10.5. The lowest BCUT2D eigenvalue weighted by molar-refractivity contribution is 0.0906. The molecule has 2 aromatic carbocycles. The zero-order valence-electron chi connectivity index (χ0n) is 15.9. The molecule has 27 heavy (non-hydrogen) atoms. The van der Waals surface area contributed by atoms with Gasteiger partial charge >= 0.3 is 0 Å². The van der Waals surface area contributed by atoms with E-state index >= 15 is 0 Å². The number of nitrogens with one attached hydrogen (secondary N) is 1. The number of hydrogen-bond acceptors (Lipinski definition) is 4. The fourth-order valence-electron chi connectivity index (χ4n) is 3.21. The lowest BCUT2D eigenvalue weighted by Crippen LogP contribution is -2.31. The highest BCUT2D eigenvalue weighted by Crippen LogP contribution is 2.25. The summed E-state index contributed by atoms with van der Waals surface area (Å²) in [5, 5.41) is 19.1. The molecule has 1 unspecified atom stereocenters. The van der Waals surface area contributed by atoms with E-state index in [0.717, 1.165) is 30.4 Å². The third-order valence-corrected chi connectivity index (χ3v) is 4.60. The summed E-state index contributed by atoms with van der Waals surface area (Å²) in [5.74, 6) is 1.23. The molecule has 0 aliphatic heterocycles. The Morgan fingerprint density at radius 2 is 1.63 bits per heavy atom. The lowest BCUT2D eigenvalue weighted by atomic mass is 10.3. The van der Waals surface area contributed by atoms with Crippen LogP contribution in [0.3, 0.4) is 0 Å². The van der Waals surface area contributed by atoms with Crippen LogP contribution in [0.5, 0.6) is 11.5 Å². The van der Waals surface area contributed by atoms with Gasteiger partial charge in [-0.25, -0.2) is 0 Å². The van der Waals surface area contributed by atoms with E-state index in [1.165, 1.54) is 0 Å². The standard InChI is InChI=1S/C21H27N3O3/c1-3-4-13-23-17-9-5-6-10-18(17)24(21(23)22)14-16(25)15-27-20-12-8-7-11-19(20)26-2/h5-12,16,22,25H,3-4,13-15H2,1-2H3. The molecule has 0 radical (unpaired) electrons. The summed E-state index contributed by atoms with van der Waals surface area (Å²) in [6.45, 7) is 3.37. The maximum Gasteiger partial charge on any atom is 0.203 e. The molecule has 0 saturated carbocycles. The lowest BCUT2D eigenvalue weighted by Gasteiger charge is -2.15. The Labute approximate surface area is 159 Å². The number of aliphatic hydroxyl groups excluding tert-OH is 1. The molecule has 0 fully saturated rings. The predicted molar refractivity (Wildman–Crippen MR) is 105 cm³/mol. The molecular formula is C21H27N3O3. The summed E-state index contributed by atoms with van der Waals surface area (Å²) in [6, 6.07) is 15.3. The first-order valence-electron chi connectivity index (χ1n) is 9.32. The average molecular weight is 369 g/mol. The van der Waals surface area contributed by atoms with Gasteiger partial charge < -0.3 is 23.7 Å². The predicted octanol–water partition coefficient (Wildman–Crippen LogP) is 3.17. The van der Waals surface area contributed by atoms with E-state index in [2.05, 4.69) is 6.92 Å². The molecule has 0 bridgehead atoms.